The quantitative estimate of drug-likeness (QED) is 0.620. The second-order valence-corrected chi connectivity index (χ2v) is 5.53. The average molecular weight is 209 g/mol. The average Bonchev–Trinajstić information content (AvgIpc) is 2.54. The molecule has 0 aromatic rings. The van der Waals surface area contributed by atoms with Gasteiger partial charge in [0.1, 0.15) is 5.60 Å². The van der Waals surface area contributed by atoms with E-state index in [4.69, 9.17) is 4.74 Å². The van der Waals surface area contributed by atoms with Gasteiger partial charge in [0.05, 0.1) is 0 Å². The van der Waals surface area contributed by atoms with Crippen molar-refractivity contribution in [3.63, 3.8) is 0 Å². The summed E-state index contributed by atoms with van der Waals surface area (Å²) in [6.07, 6.45) is 1.85. The number of likely N-dealkylation sites (tertiary alicyclic amines) is 1. The Morgan fingerprint density at radius 2 is 1.93 bits per heavy atom. The van der Waals surface area contributed by atoms with E-state index in [-0.39, 0.29) is 11.7 Å². The maximum atomic E-state index is 11.7. The Hall–Kier alpha value is -0.990. The third-order valence-corrected chi connectivity index (χ3v) is 3.18. The summed E-state index contributed by atoms with van der Waals surface area (Å²) in [6, 6.07) is 0. The van der Waals surface area contributed by atoms with Gasteiger partial charge < -0.3 is 9.64 Å². The number of hydrogen-bond donors (Lipinski definition) is 0. The number of nitrogens with zero attached hydrogens (tertiary/aromatic N) is 1. The fourth-order valence-electron chi connectivity index (χ4n) is 2.40. The van der Waals surface area contributed by atoms with Gasteiger partial charge in [-0.05, 0) is 38.5 Å². The Kier molecular flexibility index (Phi) is 2.28. The first kappa shape index (κ1) is 10.5. The number of hydrogen-bond acceptors (Lipinski definition) is 2. The smallest absolute Gasteiger partial charge is 0.410 e. The molecule has 2 atom stereocenters. The van der Waals surface area contributed by atoms with Crippen molar-refractivity contribution in [1.82, 2.24) is 4.90 Å². The Bertz CT molecular complexity index is 280. The van der Waals surface area contributed by atoms with Crippen LogP contribution in [0.4, 0.5) is 4.79 Å². The van der Waals surface area contributed by atoms with Crippen molar-refractivity contribution in [3.05, 3.63) is 12.7 Å². The number of piperidine rings is 1. The summed E-state index contributed by atoms with van der Waals surface area (Å²) in [6.45, 7) is 11.2. The maximum absolute atomic E-state index is 11.7. The molecule has 1 heterocycles. The number of amides is 1. The Morgan fingerprint density at radius 1 is 1.40 bits per heavy atom. The predicted octanol–water partition coefficient (Wildman–Crippen LogP) is 2.29. The standard InChI is InChI=1S/C12H19NO2/c1-5-8-9-6-13(7-10(8)9)11(14)15-12(2,3)4/h5,8-10H,1,6-7H2,2-4H3. The zero-order chi connectivity index (χ0) is 11.2. The summed E-state index contributed by atoms with van der Waals surface area (Å²) < 4.78 is 5.32. The van der Waals surface area contributed by atoms with Crippen LogP contribution >= 0.6 is 0 Å². The molecular weight excluding hydrogens is 190 g/mol. The lowest BCUT2D eigenvalue weighted by atomic mass is 10.2. The SMILES string of the molecule is C=CC1C2CN(C(=O)OC(C)(C)C)CC12. The van der Waals surface area contributed by atoms with E-state index in [1.165, 1.54) is 0 Å². The predicted molar refractivity (Wildman–Crippen MR) is 58.5 cm³/mol. The summed E-state index contributed by atoms with van der Waals surface area (Å²) in [5.74, 6) is 1.94. The highest BCUT2D eigenvalue weighted by Crippen LogP contribution is 2.52. The third kappa shape index (κ3) is 2.01. The van der Waals surface area contributed by atoms with Crippen LogP contribution < -0.4 is 0 Å². The van der Waals surface area contributed by atoms with Gasteiger partial charge in [0.25, 0.3) is 0 Å². The van der Waals surface area contributed by atoms with Crippen molar-refractivity contribution in [3.8, 4) is 0 Å². The molecule has 15 heavy (non-hydrogen) atoms. The lowest BCUT2D eigenvalue weighted by Gasteiger charge is -2.25. The van der Waals surface area contributed by atoms with Gasteiger partial charge in [-0.3, -0.25) is 0 Å². The van der Waals surface area contributed by atoms with Gasteiger partial charge in [0.2, 0.25) is 0 Å². The van der Waals surface area contributed by atoms with Crippen LogP contribution in [0.3, 0.4) is 0 Å². The molecule has 1 aliphatic carbocycles. The highest BCUT2D eigenvalue weighted by atomic mass is 16.6. The lowest BCUT2D eigenvalue weighted by Crippen LogP contribution is -2.36. The number of fused-ring (bicyclic) bond motifs is 1. The Labute approximate surface area is 91.1 Å². The summed E-state index contributed by atoms with van der Waals surface area (Å²) in [5.41, 5.74) is -0.387. The first-order valence-corrected chi connectivity index (χ1v) is 5.53. The van der Waals surface area contributed by atoms with Crippen LogP contribution in [0.2, 0.25) is 0 Å². The molecule has 3 nitrogen and oxygen atoms in total. The van der Waals surface area contributed by atoms with Crippen LogP contribution in [-0.4, -0.2) is 29.7 Å². The normalized spacial score (nSPS) is 33.5. The van der Waals surface area contributed by atoms with Crippen molar-refractivity contribution >= 4 is 6.09 Å². The van der Waals surface area contributed by atoms with Gasteiger partial charge in [-0.15, -0.1) is 6.58 Å². The molecule has 1 aliphatic heterocycles. The molecule has 2 fully saturated rings. The molecule has 2 rings (SSSR count). The zero-order valence-corrected chi connectivity index (χ0v) is 9.69. The van der Waals surface area contributed by atoms with Crippen molar-refractivity contribution in [2.45, 2.75) is 26.4 Å². The van der Waals surface area contributed by atoms with Crippen LogP contribution in [0.5, 0.6) is 0 Å². The van der Waals surface area contributed by atoms with Gasteiger partial charge >= 0.3 is 6.09 Å². The van der Waals surface area contributed by atoms with Crippen molar-refractivity contribution in [1.29, 1.82) is 0 Å². The van der Waals surface area contributed by atoms with E-state index in [1.54, 1.807) is 0 Å². The fraction of sp³-hybridized carbons (Fsp3) is 0.750. The third-order valence-electron chi connectivity index (χ3n) is 3.18. The molecule has 3 heteroatoms. The van der Waals surface area contributed by atoms with Crippen LogP contribution in [0.15, 0.2) is 12.7 Å². The highest BCUT2D eigenvalue weighted by molar-refractivity contribution is 5.69. The summed E-state index contributed by atoms with van der Waals surface area (Å²) in [4.78, 5) is 13.5. The molecule has 0 radical (unpaired) electrons. The summed E-state index contributed by atoms with van der Waals surface area (Å²) in [7, 11) is 0. The minimum absolute atomic E-state index is 0.169. The van der Waals surface area contributed by atoms with Crippen LogP contribution in [0.25, 0.3) is 0 Å². The zero-order valence-electron chi connectivity index (χ0n) is 9.69. The van der Waals surface area contributed by atoms with Crippen molar-refractivity contribution in [2.24, 2.45) is 17.8 Å². The fourth-order valence-corrected chi connectivity index (χ4v) is 2.40. The van der Waals surface area contributed by atoms with Crippen LogP contribution in [-0.2, 0) is 4.74 Å². The molecule has 0 spiro atoms. The molecule has 2 unspecified atom stereocenters. The van der Waals surface area contributed by atoms with E-state index in [2.05, 4.69) is 6.58 Å². The van der Waals surface area contributed by atoms with E-state index in [0.717, 1.165) is 13.1 Å². The number of ether oxygens (including phenoxy) is 1. The summed E-state index contributed by atoms with van der Waals surface area (Å²) in [5, 5.41) is 0. The molecular formula is C12H19NO2. The van der Waals surface area contributed by atoms with Gasteiger partial charge in [-0.25, -0.2) is 4.79 Å². The Balaban J connectivity index is 1.84. The minimum Gasteiger partial charge on any atom is -0.444 e. The van der Waals surface area contributed by atoms with Gasteiger partial charge in [0, 0.05) is 13.1 Å². The van der Waals surface area contributed by atoms with E-state index in [0.29, 0.717) is 17.8 Å². The van der Waals surface area contributed by atoms with E-state index in [1.807, 2.05) is 31.7 Å². The van der Waals surface area contributed by atoms with Crippen LogP contribution in [0, 0.1) is 17.8 Å². The minimum atomic E-state index is -0.387. The van der Waals surface area contributed by atoms with Crippen molar-refractivity contribution in [2.75, 3.05) is 13.1 Å². The van der Waals surface area contributed by atoms with E-state index < -0.39 is 0 Å². The maximum Gasteiger partial charge on any atom is 0.410 e. The number of carbonyl (C=O) groups is 1. The second-order valence-electron chi connectivity index (χ2n) is 5.53. The van der Waals surface area contributed by atoms with E-state index >= 15 is 0 Å². The summed E-state index contributed by atoms with van der Waals surface area (Å²) >= 11 is 0. The van der Waals surface area contributed by atoms with Gasteiger partial charge in [-0.1, -0.05) is 6.08 Å². The molecule has 1 saturated heterocycles. The molecule has 0 N–H and O–H groups in total. The largest absolute Gasteiger partial charge is 0.444 e. The number of rotatable bonds is 1. The molecule has 1 saturated carbocycles. The molecule has 2 aliphatic rings. The first-order valence-electron chi connectivity index (χ1n) is 5.53. The topological polar surface area (TPSA) is 29.5 Å². The molecule has 84 valence electrons. The molecule has 0 aromatic heterocycles. The highest BCUT2D eigenvalue weighted by Gasteiger charge is 2.55. The van der Waals surface area contributed by atoms with Gasteiger partial charge in [0.15, 0.2) is 0 Å². The Morgan fingerprint density at radius 3 is 2.33 bits per heavy atom. The van der Waals surface area contributed by atoms with E-state index in [9.17, 15) is 4.79 Å². The lowest BCUT2D eigenvalue weighted by molar-refractivity contribution is 0.0269. The second kappa shape index (κ2) is 3.26. The molecule has 0 aromatic carbocycles. The molecule has 1 amide bonds. The van der Waals surface area contributed by atoms with Crippen LogP contribution in [0.1, 0.15) is 20.8 Å². The monoisotopic (exact) mass is 209 g/mol. The van der Waals surface area contributed by atoms with Crippen molar-refractivity contribution < 1.29 is 9.53 Å². The first-order chi connectivity index (χ1) is 6.92. The van der Waals surface area contributed by atoms with Gasteiger partial charge in [-0.2, -0.15) is 0 Å². The molecule has 0 bridgehead atoms. The number of allylic oxidation sites excluding steroid dienone is 1. The number of carbonyl (C=O) groups excluding carboxylic acids is 1.